The van der Waals surface area contributed by atoms with Crippen molar-refractivity contribution in [2.75, 3.05) is 0 Å². The highest BCUT2D eigenvalue weighted by atomic mass is 16.9. The van der Waals surface area contributed by atoms with E-state index in [1.54, 1.807) is 24.3 Å². The van der Waals surface area contributed by atoms with Gasteiger partial charge in [-0.2, -0.15) is 0 Å². The number of piperidine rings is 1. The van der Waals surface area contributed by atoms with E-state index < -0.39 is 29.2 Å². The largest absolute Gasteiger partial charge is 0.481 e. The fourth-order valence-electron chi connectivity index (χ4n) is 9.03. The zero-order chi connectivity index (χ0) is 49.2. The molecular weight excluding hydrogens is 915 g/mol. The van der Waals surface area contributed by atoms with Crippen molar-refractivity contribution in [1.82, 2.24) is 5.06 Å². The van der Waals surface area contributed by atoms with Crippen LogP contribution in [0.1, 0.15) is 0 Å². The van der Waals surface area contributed by atoms with E-state index in [0.717, 1.165) is 0 Å². The van der Waals surface area contributed by atoms with Gasteiger partial charge in [0.15, 0.2) is 11.9 Å². The molecule has 0 bridgehead atoms. The van der Waals surface area contributed by atoms with Crippen molar-refractivity contribution in [3.8, 4) is 51.7 Å². The number of hydrogen-bond donors (Lipinski definition) is 0. The van der Waals surface area contributed by atoms with Crippen molar-refractivity contribution in [3.63, 3.8) is 0 Å². The Morgan fingerprint density at radius 3 is 0.932 bits per heavy atom. The highest BCUT2D eigenvalue weighted by molar-refractivity contribution is 5.49. The number of benzene rings is 9. The third kappa shape index (κ3) is 8.87. The van der Waals surface area contributed by atoms with Gasteiger partial charge >= 0.3 is 17.5 Å². The Kier molecular flexibility index (Phi) is 12.8. The number of hydroxylamine groups is 2. The van der Waals surface area contributed by atoms with Gasteiger partial charge in [0, 0.05) is 0 Å². The smallest absolute Gasteiger partial charge is 0.460 e. The Bertz CT molecular complexity index is 3090. The molecule has 0 saturated carbocycles. The molecule has 0 aromatic heterocycles. The van der Waals surface area contributed by atoms with Crippen LogP contribution in [-0.2, 0) is 0 Å². The van der Waals surface area contributed by atoms with Gasteiger partial charge in [0.05, 0.1) is 0 Å². The first kappa shape index (κ1) is 45.9. The van der Waals surface area contributed by atoms with E-state index in [2.05, 4.69) is 0 Å². The SMILES string of the molecule is C1=CC(Oc2ccccc2)C2(Oc3ccccc3)C(=C1)N(Oc1ccccc1)C(Oc1ccccc1)(Oc1ccccc1)C(Oc1ccccc1)(Oc1ccccc1)C2(Oc1ccccc1)Oc1ccccc1. The van der Waals surface area contributed by atoms with Gasteiger partial charge in [-0.25, -0.2) is 0 Å². The molecule has 9 aromatic rings. The summed E-state index contributed by atoms with van der Waals surface area (Å²) in [5, 5.41) is 1.50. The molecular formula is C63H49NO9. The van der Waals surface area contributed by atoms with Crippen LogP contribution in [0.2, 0.25) is 0 Å². The average molecular weight is 964 g/mol. The van der Waals surface area contributed by atoms with Gasteiger partial charge in [0.2, 0.25) is 0 Å². The molecule has 0 spiro atoms. The van der Waals surface area contributed by atoms with Crippen LogP contribution in [0.4, 0.5) is 0 Å². The maximum atomic E-state index is 7.96. The van der Waals surface area contributed by atoms with Crippen molar-refractivity contribution in [3.05, 3.63) is 297 Å². The summed E-state index contributed by atoms with van der Waals surface area (Å²) in [5.41, 5.74) is -1.96. The predicted molar refractivity (Wildman–Crippen MR) is 277 cm³/mol. The predicted octanol–water partition coefficient (Wildman–Crippen LogP) is 13.5. The number of fused-ring (bicyclic) bond motifs is 1. The van der Waals surface area contributed by atoms with E-state index in [4.69, 9.17) is 42.7 Å². The monoisotopic (exact) mass is 963 g/mol. The van der Waals surface area contributed by atoms with Crippen molar-refractivity contribution >= 4 is 0 Å². The average Bonchev–Trinajstić information content (AvgIpc) is 3.47. The van der Waals surface area contributed by atoms with E-state index >= 15 is 0 Å². The summed E-state index contributed by atoms with van der Waals surface area (Å²) in [6, 6.07) is 83.6. The normalized spacial score (nSPS) is 17.8. The van der Waals surface area contributed by atoms with Gasteiger partial charge in [-0.05, 0) is 121 Å². The van der Waals surface area contributed by atoms with Gasteiger partial charge in [0.1, 0.15) is 51.7 Å². The van der Waals surface area contributed by atoms with Crippen LogP contribution in [0.15, 0.2) is 297 Å². The zero-order valence-electron chi connectivity index (χ0n) is 39.4. The number of hydrogen-bond acceptors (Lipinski definition) is 10. The number of allylic oxidation sites excluding steroid dienone is 2. The molecule has 0 N–H and O–H groups in total. The van der Waals surface area contributed by atoms with Crippen LogP contribution >= 0.6 is 0 Å². The van der Waals surface area contributed by atoms with Crippen molar-refractivity contribution in [1.29, 1.82) is 0 Å². The molecule has 9 aromatic carbocycles. The van der Waals surface area contributed by atoms with Crippen LogP contribution in [0.3, 0.4) is 0 Å². The van der Waals surface area contributed by atoms with E-state index in [0.29, 0.717) is 40.2 Å². The molecule has 0 amide bonds. The van der Waals surface area contributed by atoms with E-state index in [9.17, 15) is 0 Å². The van der Waals surface area contributed by atoms with Crippen LogP contribution in [-0.4, -0.2) is 34.3 Å². The summed E-state index contributed by atoms with van der Waals surface area (Å²) in [5.74, 6) is -4.88. The first-order valence-corrected chi connectivity index (χ1v) is 23.9. The molecule has 11 rings (SSSR count). The van der Waals surface area contributed by atoms with E-state index in [1.165, 1.54) is 5.06 Å². The summed E-state index contributed by atoms with van der Waals surface area (Å²) < 4.78 is 62.4. The summed E-state index contributed by atoms with van der Waals surface area (Å²) in [6.07, 6.45) is 4.39. The summed E-state index contributed by atoms with van der Waals surface area (Å²) in [7, 11) is 0. The second-order valence-corrected chi connectivity index (χ2v) is 16.9. The molecule has 1 aliphatic heterocycles. The van der Waals surface area contributed by atoms with Crippen LogP contribution < -0.4 is 42.7 Å². The van der Waals surface area contributed by atoms with E-state index in [-0.39, 0.29) is 17.2 Å². The highest BCUT2D eigenvalue weighted by Crippen LogP contribution is 2.62. The highest BCUT2D eigenvalue weighted by Gasteiger charge is 2.95. The molecule has 1 aliphatic carbocycles. The van der Waals surface area contributed by atoms with Gasteiger partial charge in [-0.1, -0.05) is 170 Å². The number of nitrogens with zero attached hydrogens (tertiary/aromatic N) is 1. The Labute approximate surface area is 424 Å². The number of para-hydroxylation sites is 9. The molecule has 1 fully saturated rings. The molecule has 10 nitrogen and oxygen atoms in total. The van der Waals surface area contributed by atoms with E-state index in [1.807, 2.05) is 267 Å². The Morgan fingerprint density at radius 1 is 0.288 bits per heavy atom. The molecule has 1 heterocycles. The summed E-state index contributed by atoms with van der Waals surface area (Å²) in [4.78, 5) is 7.45. The lowest BCUT2D eigenvalue weighted by Gasteiger charge is -2.65. The molecule has 360 valence electrons. The fourth-order valence-corrected chi connectivity index (χ4v) is 9.03. The minimum atomic E-state index is -2.73. The fraction of sp³-hybridized carbons (Fsp3) is 0.0794. The minimum Gasteiger partial charge on any atom is -0.481 e. The lowest BCUT2D eigenvalue weighted by Crippen LogP contribution is -2.96. The maximum absolute atomic E-state index is 7.96. The van der Waals surface area contributed by atoms with Gasteiger partial charge in [-0.3, -0.25) is 0 Å². The third-order valence-electron chi connectivity index (χ3n) is 12.1. The Morgan fingerprint density at radius 2 is 0.575 bits per heavy atom. The third-order valence-corrected chi connectivity index (χ3v) is 12.1. The lowest BCUT2D eigenvalue weighted by molar-refractivity contribution is -0.503. The Balaban J connectivity index is 1.39. The molecule has 1 saturated heterocycles. The van der Waals surface area contributed by atoms with Crippen LogP contribution in [0.5, 0.6) is 51.7 Å². The zero-order valence-corrected chi connectivity index (χ0v) is 39.4. The quantitative estimate of drug-likeness (QED) is 0.0775. The van der Waals surface area contributed by atoms with Gasteiger partial charge < -0.3 is 42.7 Å². The number of ether oxygens (including phenoxy) is 8. The molecule has 10 heteroatoms. The van der Waals surface area contributed by atoms with Crippen molar-refractivity contribution in [2.24, 2.45) is 0 Å². The Hall–Kier alpha value is -9.54. The topological polar surface area (TPSA) is 86.3 Å². The first-order valence-electron chi connectivity index (χ1n) is 23.9. The molecule has 0 radical (unpaired) electrons. The molecule has 2 aliphatic rings. The second-order valence-electron chi connectivity index (χ2n) is 16.9. The first-order chi connectivity index (χ1) is 36.1. The number of rotatable bonds is 18. The summed E-state index contributed by atoms with van der Waals surface area (Å²) in [6.45, 7) is 0. The van der Waals surface area contributed by atoms with Crippen LogP contribution in [0.25, 0.3) is 0 Å². The van der Waals surface area contributed by atoms with Gasteiger partial charge in [0.25, 0.3) is 5.60 Å². The molecule has 2 atom stereocenters. The lowest BCUT2D eigenvalue weighted by atomic mass is 9.70. The van der Waals surface area contributed by atoms with Crippen LogP contribution in [0, 0.1) is 0 Å². The summed E-state index contributed by atoms with van der Waals surface area (Å²) >= 11 is 0. The van der Waals surface area contributed by atoms with Crippen molar-refractivity contribution < 1.29 is 42.7 Å². The molecule has 2 unspecified atom stereocenters. The molecule has 73 heavy (non-hydrogen) atoms. The maximum Gasteiger partial charge on any atom is 0.460 e. The second kappa shape index (κ2) is 20.4. The minimum absolute atomic E-state index is 0.228. The standard InChI is InChI=1S/C63H49NO9/c1-10-29-49(30-11-1)65-59-48-28-47-58-60(59,66-50-31-12-2-13-32-50)61(67-51-33-14-3-15-34-51,68-52-35-16-4-17-36-52)62(69-53-37-18-5-19-38-53,70-54-39-20-6-21-40-54)63(71-55-41-22-7-23-42-55,72-56-43-24-8-25-44-56)64(58)73-57-45-26-9-27-46-57/h1-48,59H. The van der Waals surface area contributed by atoms with Gasteiger partial charge in [-0.15, -0.1) is 5.06 Å². The van der Waals surface area contributed by atoms with Crippen molar-refractivity contribution in [2.45, 2.75) is 29.2 Å².